The molecular formula is C20H31NO4. The van der Waals surface area contributed by atoms with Crippen molar-refractivity contribution in [2.24, 2.45) is 17.3 Å². The van der Waals surface area contributed by atoms with E-state index in [-0.39, 0.29) is 18.5 Å². The normalized spacial score (nSPS) is 40.1. The number of nitrogens with zero attached hydrogens (tertiary/aromatic N) is 1. The summed E-state index contributed by atoms with van der Waals surface area (Å²) in [6, 6.07) is 0.292. The quantitative estimate of drug-likeness (QED) is 0.793. The molecule has 0 saturated heterocycles. The van der Waals surface area contributed by atoms with Crippen LogP contribution in [0, 0.1) is 17.3 Å². The maximum atomic E-state index is 12.8. The molecule has 1 amide bonds. The van der Waals surface area contributed by atoms with Gasteiger partial charge in [0.2, 0.25) is 0 Å². The number of hydrogen-bond acceptors (Lipinski definition) is 4. The van der Waals surface area contributed by atoms with E-state index in [1.54, 1.807) is 4.90 Å². The van der Waals surface area contributed by atoms with E-state index in [0.29, 0.717) is 24.3 Å². The predicted octanol–water partition coefficient (Wildman–Crippen LogP) is 2.65. The van der Waals surface area contributed by atoms with Crippen LogP contribution in [0.2, 0.25) is 0 Å². The van der Waals surface area contributed by atoms with Crippen molar-refractivity contribution in [1.29, 1.82) is 0 Å². The fraction of sp³-hybridized carbons (Fsp3) is 0.900. The van der Waals surface area contributed by atoms with Crippen LogP contribution in [-0.2, 0) is 14.3 Å². The largest absolute Gasteiger partial charge is 0.455 e. The van der Waals surface area contributed by atoms with Gasteiger partial charge < -0.3 is 14.7 Å². The minimum atomic E-state index is -0.675. The van der Waals surface area contributed by atoms with E-state index in [0.717, 1.165) is 44.9 Å². The van der Waals surface area contributed by atoms with Gasteiger partial charge in [-0.05, 0) is 63.2 Å². The number of ether oxygens (including phenoxy) is 1. The summed E-state index contributed by atoms with van der Waals surface area (Å²) in [5.41, 5.74) is -1.21. The number of likely N-dealkylation sites (N-methyl/N-ethyl adjacent to an activating group) is 1. The minimum absolute atomic E-state index is 0.0938. The number of esters is 1. The average molecular weight is 349 g/mol. The second kappa shape index (κ2) is 6.26. The molecule has 5 nitrogen and oxygen atoms in total. The Balaban J connectivity index is 1.35. The van der Waals surface area contributed by atoms with Crippen LogP contribution in [0.3, 0.4) is 0 Å². The highest BCUT2D eigenvalue weighted by Gasteiger charge is 2.60. The summed E-state index contributed by atoms with van der Waals surface area (Å²) in [7, 11) is 1.83. The first kappa shape index (κ1) is 17.3. The molecule has 140 valence electrons. The maximum Gasteiger partial charge on any atom is 0.312 e. The van der Waals surface area contributed by atoms with Crippen molar-refractivity contribution in [1.82, 2.24) is 4.90 Å². The van der Waals surface area contributed by atoms with Crippen molar-refractivity contribution < 1.29 is 19.4 Å². The van der Waals surface area contributed by atoms with E-state index in [4.69, 9.17) is 4.74 Å². The van der Waals surface area contributed by atoms with Crippen LogP contribution in [0.1, 0.15) is 70.6 Å². The molecule has 25 heavy (non-hydrogen) atoms. The van der Waals surface area contributed by atoms with Crippen molar-refractivity contribution in [3.63, 3.8) is 0 Å². The van der Waals surface area contributed by atoms with Gasteiger partial charge in [0, 0.05) is 13.1 Å². The second-order valence-electron chi connectivity index (χ2n) is 9.34. The molecule has 0 radical (unpaired) electrons. The van der Waals surface area contributed by atoms with Crippen molar-refractivity contribution in [2.75, 3.05) is 13.7 Å². The summed E-state index contributed by atoms with van der Waals surface area (Å²) in [5.74, 6) is 0.549. The Bertz CT molecular complexity index is 540. The Kier molecular flexibility index (Phi) is 4.33. The van der Waals surface area contributed by atoms with Crippen LogP contribution >= 0.6 is 0 Å². The molecule has 5 fully saturated rings. The van der Waals surface area contributed by atoms with Crippen LogP contribution in [0.15, 0.2) is 0 Å². The van der Waals surface area contributed by atoms with Crippen molar-refractivity contribution in [3.05, 3.63) is 0 Å². The lowest BCUT2D eigenvalue weighted by Gasteiger charge is -2.58. The number of carbonyl (C=O) groups excluding carboxylic acids is 2. The molecule has 2 atom stereocenters. The number of amides is 1. The first-order valence-electron chi connectivity index (χ1n) is 10.0. The topological polar surface area (TPSA) is 66.8 Å². The molecule has 4 bridgehead atoms. The predicted molar refractivity (Wildman–Crippen MR) is 92.7 cm³/mol. The molecule has 5 heteroatoms. The van der Waals surface area contributed by atoms with Gasteiger partial charge in [-0.3, -0.25) is 9.59 Å². The van der Waals surface area contributed by atoms with E-state index in [9.17, 15) is 14.7 Å². The third-order valence-corrected chi connectivity index (χ3v) is 7.31. The molecule has 1 N–H and O–H groups in total. The summed E-state index contributed by atoms with van der Waals surface area (Å²) >= 11 is 0. The first-order chi connectivity index (χ1) is 11.9. The smallest absolute Gasteiger partial charge is 0.312 e. The van der Waals surface area contributed by atoms with Gasteiger partial charge in [0.15, 0.2) is 6.61 Å². The van der Waals surface area contributed by atoms with Crippen molar-refractivity contribution in [3.8, 4) is 0 Å². The molecule has 5 aliphatic carbocycles. The van der Waals surface area contributed by atoms with Gasteiger partial charge in [0.25, 0.3) is 5.91 Å². The average Bonchev–Trinajstić information content (AvgIpc) is 2.57. The highest BCUT2D eigenvalue weighted by molar-refractivity contribution is 5.83. The summed E-state index contributed by atoms with van der Waals surface area (Å²) in [6.07, 6.45) is 10.7. The fourth-order valence-corrected chi connectivity index (χ4v) is 6.51. The zero-order valence-electron chi connectivity index (χ0n) is 15.3. The Morgan fingerprint density at radius 1 is 1.08 bits per heavy atom. The summed E-state index contributed by atoms with van der Waals surface area (Å²) < 4.78 is 5.50. The summed E-state index contributed by atoms with van der Waals surface area (Å²) in [5, 5.41) is 10.8. The molecule has 0 aromatic heterocycles. The van der Waals surface area contributed by atoms with Crippen LogP contribution in [0.5, 0.6) is 0 Å². The fourth-order valence-electron chi connectivity index (χ4n) is 6.51. The SMILES string of the molecule is CN(C(=O)COC(=O)C12C[C@@H]3C[C@H](CC(O)(C3)C1)C2)C1CCCCC1. The molecule has 0 spiro atoms. The van der Waals surface area contributed by atoms with Gasteiger partial charge >= 0.3 is 5.97 Å². The highest BCUT2D eigenvalue weighted by Crippen LogP contribution is 2.61. The van der Waals surface area contributed by atoms with Crippen LogP contribution in [0.25, 0.3) is 0 Å². The summed E-state index contributed by atoms with van der Waals surface area (Å²) in [6.45, 7) is -0.151. The number of hydrogen-bond donors (Lipinski definition) is 1. The van der Waals surface area contributed by atoms with Crippen molar-refractivity contribution >= 4 is 11.9 Å². The Morgan fingerprint density at radius 2 is 1.72 bits per heavy atom. The maximum absolute atomic E-state index is 12.8. The van der Waals surface area contributed by atoms with Gasteiger partial charge in [-0.25, -0.2) is 0 Å². The molecule has 0 aliphatic heterocycles. The number of rotatable bonds is 4. The lowest BCUT2D eigenvalue weighted by Crippen LogP contribution is -2.58. The Morgan fingerprint density at radius 3 is 2.32 bits per heavy atom. The van der Waals surface area contributed by atoms with Gasteiger partial charge in [-0.15, -0.1) is 0 Å². The molecule has 5 saturated carbocycles. The Hall–Kier alpha value is -1.10. The van der Waals surface area contributed by atoms with Gasteiger partial charge in [-0.1, -0.05) is 19.3 Å². The minimum Gasteiger partial charge on any atom is -0.455 e. The van der Waals surface area contributed by atoms with E-state index in [1.165, 1.54) is 19.3 Å². The van der Waals surface area contributed by atoms with E-state index in [1.807, 2.05) is 7.05 Å². The number of aliphatic hydroxyl groups is 1. The Labute approximate surface area is 150 Å². The molecule has 0 unspecified atom stereocenters. The molecular weight excluding hydrogens is 318 g/mol. The van der Waals surface area contributed by atoms with Crippen LogP contribution < -0.4 is 0 Å². The zero-order valence-corrected chi connectivity index (χ0v) is 15.3. The first-order valence-corrected chi connectivity index (χ1v) is 10.0. The van der Waals surface area contributed by atoms with Crippen LogP contribution in [-0.4, -0.2) is 47.2 Å². The van der Waals surface area contributed by atoms with Gasteiger partial charge in [-0.2, -0.15) is 0 Å². The van der Waals surface area contributed by atoms with Gasteiger partial charge in [0.05, 0.1) is 11.0 Å². The van der Waals surface area contributed by atoms with E-state index in [2.05, 4.69) is 0 Å². The lowest BCUT2D eigenvalue weighted by atomic mass is 9.48. The lowest BCUT2D eigenvalue weighted by molar-refractivity contribution is -0.197. The van der Waals surface area contributed by atoms with Crippen molar-refractivity contribution in [2.45, 2.75) is 82.3 Å². The standard InChI is InChI=1S/C20H31NO4/c1-21(16-5-3-2-4-6-16)17(22)12-25-18(23)19-8-14-7-15(9-19)11-20(24,10-14)13-19/h14-16,24H,2-13H2,1H3/t14-,15-,19?,20?/m0/s1. The van der Waals surface area contributed by atoms with E-state index >= 15 is 0 Å². The summed E-state index contributed by atoms with van der Waals surface area (Å²) in [4.78, 5) is 27.1. The number of carbonyl (C=O) groups is 2. The molecule has 0 aromatic carbocycles. The van der Waals surface area contributed by atoms with E-state index < -0.39 is 11.0 Å². The highest BCUT2D eigenvalue weighted by atomic mass is 16.5. The molecule has 5 aliphatic rings. The van der Waals surface area contributed by atoms with Crippen LogP contribution in [0.4, 0.5) is 0 Å². The monoisotopic (exact) mass is 349 g/mol. The third-order valence-electron chi connectivity index (χ3n) is 7.31. The molecule has 0 heterocycles. The molecule has 5 rings (SSSR count). The third kappa shape index (κ3) is 3.20. The molecule has 0 aromatic rings. The zero-order chi connectivity index (χ0) is 17.7. The van der Waals surface area contributed by atoms with Gasteiger partial charge in [0.1, 0.15) is 0 Å². The second-order valence-corrected chi connectivity index (χ2v) is 9.34.